The van der Waals surface area contributed by atoms with Crippen LogP contribution in [0.3, 0.4) is 0 Å². The number of ether oxygens (including phenoxy) is 3. The first kappa shape index (κ1) is 23.6. The van der Waals surface area contributed by atoms with E-state index in [1.165, 1.54) is 0 Å². The third-order valence-electron chi connectivity index (χ3n) is 4.64. The zero-order valence-corrected chi connectivity index (χ0v) is 21.1. The minimum atomic E-state index is -0.548. The van der Waals surface area contributed by atoms with E-state index in [9.17, 15) is 4.79 Å². The number of rotatable bonds is 7. The Bertz CT molecular complexity index is 1270. The molecule has 1 aliphatic rings. The first-order valence-electron chi connectivity index (χ1n) is 10.0. The van der Waals surface area contributed by atoms with Gasteiger partial charge in [-0.25, -0.2) is 9.79 Å². The molecule has 0 amide bonds. The van der Waals surface area contributed by atoms with Crippen LogP contribution in [0.5, 0.6) is 11.5 Å². The Kier molecular flexibility index (Phi) is 7.57. The molecule has 0 radical (unpaired) electrons. The second-order valence-electron chi connectivity index (χ2n) is 7.02. The largest absolute Gasteiger partial charge is 0.490 e. The highest BCUT2D eigenvalue weighted by atomic mass is 127. The van der Waals surface area contributed by atoms with Gasteiger partial charge in [-0.3, -0.25) is 0 Å². The molecule has 0 saturated heterocycles. The molecule has 3 aromatic carbocycles. The molecule has 0 spiro atoms. The number of benzene rings is 3. The standard InChI is InChI=1S/C25H18Cl2INO4/c1-2-31-23-12-15(6-9-22(23)32-14-16-4-3-5-18(28)10-16)11-21-25(30)33-24(29-21)17-7-8-19(26)20(27)13-17/h3-13H,2,14H2,1H3/b21-11-. The summed E-state index contributed by atoms with van der Waals surface area (Å²) in [7, 11) is 0. The molecule has 0 bridgehead atoms. The van der Waals surface area contributed by atoms with E-state index in [4.69, 9.17) is 37.4 Å². The summed E-state index contributed by atoms with van der Waals surface area (Å²) in [5.74, 6) is 0.824. The smallest absolute Gasteiger partial charge is 0.363 e. The van der Waals surface area contributed by atoms with Crippen molar-refractivity contribution in [2.75, 3.05) is 6.61 Å². The third kappa shape index (κ3) is 5.88. The lowest BCUT2D eigenvalue weighted by atomic mass is 10.1. The second kappa shape index (κ2) is 10.6. The van der Waals surface area contributed by atoms with Gasteiger partial charge >= 0.3 is 5.97 Å². The van der Waals surface area contributed by atoms with Crippen molar-refractivity contribution in [3.05, 3.63) is 96.7 Å². The zero-order valence-electron chi connectivity index (χ0n) is 17.5. The maximum Gasteiger partial charge on any atom is 0.363 e. The molecule has 0 unspecified atom stereocenters. The number of carbonyl (C=O) groups is 1. The SMILES string of the molecule is CCOc1cc(/C=C2\N=C(c3ccc(Cl)c(Cl)c3)OC2=O)ccc1OCc1cccc(I)c1. The van der Waals surface area contributed by atoms with Crippen LogP contribution < -0.4 is 9.47 Å². The molecule has 0 N–H and O–H groups in total. The molecule has 168 valence electrons. The van der Waals surface area contributed by atoms with E-state index in [-0.39, 0.29) is 11.6 Å². The molecule has 1 heterocycles. The number of esters is 1. The van der Waals surface area contributed by atoms with Crippen LogP contribution in [0.25, 0.3) is 6.08 Å². The van der Waals surface area contributed by atoms with E-state index in [2.05, 4.69) is 33.6 Å². The molecular formula is C25H18Cl2INO4. The van der Waals surface area contributed by atoms with E-state index >= 15 is 0 Å². The molecule has 8 heteroatoms. The van der Waals surface area contributed by atoms with Gasteiger partial charge in [-0.2, -0.15) is 0 Å². The fourth-order valence-electron chi connectivity index (χ4n) is 3.11. The van der Waals surface area contributed by atoms with Crippen molar-refractivity contribution in [3.8, 4) is 11.5 Å². The topological polar surface area (TPSA) is 57.1 Å². The molecule has 0 atom stereocenters. The van der Waals surface area contributed by atoms with E-state index < -0.39 is 5.97 Å². The monoisotopic (exact) mass is 593 g/mol. The number of hydrogen-bond donors (Lipinski definition) is 0. The van der Waals surface area contributed by atoms with Gasteiger partial charge in [0.2, 0.25) is 5.90 Å². The zero-order chi connectivity index (χ0) is 23.4. The van der Waals surface area contributed by atoms with Gasteiger partial charge in [-0.15, -0.1) is 0 Å². The van der Waals surface area contributed by atoms with Gasteiger partial charge in [-0.05, 0) is 89.2 Å². The van der Waals surface area contributed by atoms with Crippen LogP contribution in [0.15, 0.2) is 71.4 Å². The molecule has 0 saturated carbocycles. The predicted molar refractivity (Wildman–Crippen MR) is 138 cm³/mol. The Morgan fingerprint density at radius 2 is 1.85 bits per heavy atom. The number of carbonyl (C=O) groups excluding carboxylic acids is 1. The van der Waals surface area contributed by atoms with Crippen molar-refractivity contribution < 1.29 is 19.0 Å². The molecule has 0 aromatic heterocycles. The van der Waals surface area contributed by atoms with Gasteiger partial charge in [-0.1, -0.05) is 41.4 Å². The van der Waals surface area contributed by atoms with Crippen molar-refractivity contribution in [3.63, 3.8) is 0 Å². The lowest BCUT2D eigenvalue weighted by Gasteiger charge is -2.13. The number of nitrogens with zero attached hydrogens (tertiary/aromatic N) is 1. The number of cyclic esters (lactones) is 1. The minimum Gasteiger partial charge on any atom is -0.490 e. The summed E-state index contributed by atoms with van der Waals surface area (Å²) in [6.07, 6.45) is 1.64. The molecule has 4 rings (SSSR count). The van der Waals surface area contributed by atoms with Gasteiger partial charge in [0.25, 0.3) is 0 Å². The summed E-state index contributed by atoms with van der Waals surface area (Å²) >= 11 is 14.3. The van der Waals surface area contributed by atoms with Crippen molar-refractivity contribution in [2.45, 2.75) is 13.5 Å². The number of aliphatic imine (C=N–C) groups is 1. The highest BCUT2D eigenvalue weighted by Crippen LogP contribution is 2.31. The third-order valence-corrected chi connectivity index (χ3v) is 6.05. The highest BCUT2D eigenvalue weighted by molar-refractivity contribution is 14.1. The van der Waals surface area contributed by atoms with E-state index in [0.29, 0.717) is 40.3 Å². The van der Waals surface area contributed by atoms with Crippen LogP contribution in [-0.4, -0.2) is 18.5 Å². The highest BCUT2D eigenvalue weighted by Gasteiger charge is 2.24. The summed E-state index contributed by atoms with van der Waals surface area (Å²) in [5, 5.41) is 0.765. The minimum absolute atomic E-state index is 0.172. The molecule has 1 aliphatic heterocycles. The molecule has 5 nitrogen and oxygen atoms in total. The maximum atomic E-state index is 12.4. The Balaban J connectivity index is 1.56. The molecule has 3 aromatic rings. The second-order valence-corrected chi connectivity index (χ2v) is 9.08. The van der Waals surface area contributed by atoms with Gasteiger partial charge in [0.05, 0.1) is 16.7 Å². The normalized spacial score (nSPS) is 14.2. The summed E-state index contributed by atoms with van der Waals surface area (Å²) in [4.78, 5) is 16.7. The quantitative estimate of drug-likeness (QED) is 0.169. The van der Waals surface area contributed by atoms with Crippen LogP contribution >= 0.6 is 45.8 Å². The number of halogens is 3. The van der Waals surface area contributed by atoms with Crippen molar-refractivity contribution >= 4 is 63.7 Å². The van der Waals surface area contributed by atoms with Crippen LogP contribution in [-0.2, 0) is 16.1 Å². The Morgan fingerprint density at radius 1 is 1.00 bits per heavy atom. The van der Waals surface area contributed by atoms with Crippen LogP contribution in [0.1, 0.15) is 23.6 Å². The van der Waals surface area contributed by atoms with E-state index in [1.54, 1.807) is 30.3 Å². The molecular weight excluding hydrogens is 576 g/mol. The summed E-state index contributed by atoms with van der Waals surface area (Å²) in [5.41, 5.74) is 2.53. The predicted octanol–water partition coefficient (Wildman–Crippen LogP) is 6.92. The summed E-state index contributed by atoms with van der Waals surface area (Å²) in [6.45, 7) is 2.79. The lowest BCUT2D eigenvalue weighted by molar-refractivity contribution is -0.129. The van der Waals surface area contributed by atoms with Gasteiger partial charge < -0.3 is 14.2 Å². The summed E-state index contributed by atoms with van der Waals surface area (Å²) < 4.78 is 18.2. The van der Waals surface area contributed by atoms with Crippen LogP contribution in [0.4, 0.5) is 0 Å². The first-order valence-corrected chi connectivity index (χ1v) is 11.9. The Morgan fingerprint density at radius 3 is 2.61 bits per heavy atom. The van der Waals surface area contributed by atoms with Crippen molar-refractivity contribution in [1.82, 2.24) is 0 Å². The maximum absolute atomic E-state index is 12.4. The number of hydrogen-bond acceptors (Lipinski definition) is 5. The van der Waals surface area contributed by atoms with Gasteiger partial charge in [0.15, 0.2) is 17.2 Å². The Hall–Kier alpha value is -2.55. The fraction of sp³-hybridized carbons (Fsp3) is 0.120. The average molecular weight is 594 g/mol. The average Bonchev–Trinajstić information content (AvgIpc) is 3.15. The fourth-order valence-corrected chi connectivity index (χ4v) is 4.02. The molecule has 33 heavy (non-hydrogen) atoms. The summed E-state index contributed by atoms with van der Waals surface area (Å²) in [6, 6.07) is 18.5. The first-order chi connectivity index (χ1) is 15.9. The molecule has 0 aliphatic carbocycles. The van der Waals surface area contributed by atoms with Gasteiger partial charge in [0.1, 0.15) is 6.61 Å². The van der Waals surface area contributed by atoms with Crippen LogP contribution in [0, 0.1) is 3.57 Å². The van der Waals surface area contributed by atoms with E-state index in [1.807, 2.05) is 37.3 Å². The van der Waals surface area contributed by atoms with Gasteiger partial charge in [0, 0.05) is 9.13 Å². The van der Waals surface area contributed by atoms with Crippen LogP contribution in [0.2, 0.25) is 10.0 Å². The van der Waals surface area contributed by atoms with Crippen molar-refractivity contribution in [1.29, 1.82) is 0 Å². The molecule has 0 fully saturated rings. The van der Waals surface area contributed by atoms with E-state index in [0.717, 1.165) is 14.7 Å². The Labute approximate surface area is 215 Å². The van der Waals surface area contributed by atoms with Crippen molar-refractivity contribution in [2.24, 2.45) is 4.99 Å². The lowest BCUT2D eigenvalue weighted by Crippen LogP contribution is -2.05.